The molecule has 2 rings (SSSR count). The van der Waals surface area contributed by atoms with Gasteiger partial charge in [0, 0.05) is 6.54 Å². The van der Waals surface area contributed by atoms with Crippen LogP contribution >= 0.6 is 0 Å². The molecule has 1 fully saturated rings. The molecule has 1 aliphatic rings. The first-order chi connectivity index (χ1) is 8.69. The fraction of sp³-hybridized carbons (Fsp3) is 0.533. The van der Waals surface area contributed by atoms with Crippen LogP contribution in [0.25, 0.3) is 0 Å². The van der Waals surface area contributed by atoms with E-state index in [1.165, 1.54) is 12.1 Å². The molecule has 1 saturated carbocycles. The molecule has 0 unspecified atom stereocenters. The van der Waals surface area contributed by atoms with Crippen molar-refractivity contribution in [3.05, 3.63) is 35.6 Å². The zero-order valence-corrected chi connectivity index (χ0v) is 10.8. The van der Waals surface area contributed by atoms with E-state index in [9.17, 15) is 9.18 Å². The van der Waals surface area contributed by atoms with Gasteiger partial charge in [-0.05, 0) is 37.0 Å². The molecule has 0 spiro atoms. The molecule has 0 aliphatic heterocycles. The van der Waals surface area contributed by atoms with Crippen LogP contribution in [0.3, 0.4) is 0 Å². The van der Waals surface area contributed by atoms with Crippen LogP contribution in [0.4, 0.5) is 4.39 Å². The first-order valence-electron chi connectivity index (χ1n) is 6.73. The largest absolute Gasteiger partial charge is 0.355 e. The fourth-order valence-corrected chi connectivity index (χ4v) is 2.49. The Morgan fingerprint density at radius 3 is 2.50 bits per heavy atom. The molecule has 1 aromatic rings. The van der Waals surface area contributed by atoms with Gasteiger partial charge < -0.3 is 5.32 Å². The minimum atomic E-state index is -0.401. The number of rotatable bonds is 5. The Morgan fingerprint density at radius 2 is 2.00 bits per heavy atom. The highest BCUT2D eigenvalue weighted by Gasteiger charge is 2.45. The molecular weight excluding hydrogens is 229 g/mol. The number of halogens is 1. The van der Waals surface area contributed by atoms with Crippen molar-refractivity contribution in [1.82, 2.24) is 5.32 Å². The summed E-state index contributed by atoms with van der Waals surface area (Å²) >= 11 is 0. The second-order valence-corrected chi connectivity index (χ2v) is 5.05. The van der Waals surface area contributed by atoms with Gasteiger partial charge in [-0.15, -0.1) is 0 Å². The first-order valence-corrected chi connectivity index (χ1v) is 6.73. The molecule has 0 saturated heterocycles. The van der Waals surface area contributed by atoms with Crippen LogP contribution in [0, 0.1) is 5.82 Å². The lowest BCUT2D eigenvalue weighted by atomic mass is 9.64. The van der Waals surface area contributed by atoms with Crippen molar-refractivity contribution in [2.75, 3.05) is 6.54 Å². The molecule has 0 bridgehead atoms. The van der Waals surface area contributed by atoms with Gasteiger partial charge in [0.25, 0.3) is 0 Å². The summed E-state index contributed by atoms with van der Waals surface area (Å²) in [7, 11) is 0. The van der Waals surface area contributed by atoms with Crippen molar-refractivity contribution >= 4 is 5.91 Å². The molecule has 1 N–H and O–H groups in total. The van der Waals surface area contributed by atoms with Gasteiger partial charge in [-0.2, -0.15) is 0 Å². The Bertz CT molecular complexity index is 409. The van der Waals surface area contributed by atoms with Crippen molar-refractivity contribution in [3.8, 4) is 0 Å². The molecular formula is C15H20FNO. The van der Waals surface area contributed by atoms with Crippen LogP contribution in [-0.4, -0.2) is 12.5 Å². The van der Waals surface area contributed by atoms with Crippen molar-refractivity contribution in [1.29, 1.82) is 0 Å². The van der Waals surface area contributed by atoms with Crippen LogP contribution in [-0.2, 0) is 10.2 Å². The number of nitrogens with one attached hydrogen (secondary N) is 1. The molecule has 1 amide bonds. The van der Waals surface area contributed by atoms with E-state index in [-0.39, 0.29) is 11.7 Å². The Morgan fingerprint density at radius 1 is 1.33 bits per heavy atom. The van der Waals surface area contributed by atoms with Crippen molar-refractivity contribution < 1.29 is 9.18 Å². The highest BCUT2D eigenvalue weighted by atomic mass is 19.1. The fourth-order valence-electron chi connectivity index (χ4n) is 2.49. The minimum absolute atomic E-state index is 0.105. The Kier molecular flexibility index (Phi) is 4.00. The summed E-state index contributed by atoms with van der Waals surface area (Å²) < 4.78 is 12.9. The Labute approximate surface area is 108 Å². The van der Waals surface area contributed by atoms with Crippen LogP contribution in [0.2, 0.25) is 0 Å². The van der Waals surface area contributed by atoms with Gasteiger partial charge in [0.15, 0.2) is 0 Å². The summed E-state index contributed by atoms with van der Waals surface area (Å²) in [5.74, 6) is -0.145. The van der Waals surface area contributed by atoms with Crippen molar-refractivity contribution in [2.45, 2.75) is 44.4 Å². The minimum Gasteiger partial charge on any atom is -0.355 e. The summed E-state index contributed by atoms with van der Waals surface area (Å²) in [5, 5.41) is 3.01. The zero-order chi connectivity index (χ0) is 13.0. The maximum absolute atomic E-state index is 12.9. The highest BCUT2D eigenvalue weighted by Crippen LogP contribution is 2.43. The molecule has 0 atom stereocenters. The molecule has 1 aromatic carbocycles. The summed E-state index contributed by atoms with van der Waals surface area (Å²) in [6.45, 7) is 2.84. The monoisotopic (exact) mass is 249 g/mol. The van der Waals surface area contributed by atoms with E-state index in [0.29, 0.717) is 0 Å². The van der Waals surface area contributed by atoms with Crippen molar-refractivity contribution in [2.24, 2.45) is 0 Å². The molecule has 0 radical (unpaired) electrons. The highest BCUT2D eigenvalue weighted by molar-refractivity contribution is 5.89. The molecule has 98 valence electrons. The number of hydrogen-bond donors (Lipinski definition) is 1. The van der Waals surface area contributed by atoms with Gasteiger partial charge in [0.1, 0.15) is 5.82 Å². The van der Waals surface area contributed by atoms with Gasteiger partial charge in [-0.1, -0.05) is 31.9 Å². The number of hydrogen-bond acceptors (Lipinski definition) is 1. The topological polar surface area (TPSA) is 29.1 Å². The lowest BCUT2D eigenvalue weighted by Gasteiger charge is -2.40. The molecule has 3 heteroatoms. The van der Waals surface area contributed by atoms with Crippen LogP contribution < -0.4 is 5.32 Å². The summed E-state index contributed by atoms with van der Waals surface area (Å²) in [6, 6.07) is 6.37. The SMILES string of the molecule is CCCCNC(=O)C1(c2ccc(F)cc2)CCC1. The van der Waals surface area contributed by atoms with E-state index in [1.54, 1.807) is 12.1 Å². The maximum Gasteiger partial charge on any atom is 0.230 e. The lowest BCUT2D eigenvalue weighted by molar-refractivity contribution is -0.129. The number of carbonyl (C=O) groups is 1. The van der Waals surface area contributed by atoms with Crippen LogP contribution in [0.1, 0.15) is 44.6 Å². The van der Waals surface area contributed by atoms with E-state index in [0.717, 1.165) is 44.2 Å². The third kappa shape index (κ3) is 2.40. The first kappa shape index (κ1) is 13.1. The van der Waals surface area contributed by atoms with E-state index >= 15 is 0 Å². The quantitative estimate of drug-likeness (QED) is 0.798. The average Bonchev–Trinajstić information content (AvgIpc) is 2.30. The number of unbranched alkanes of at least 4 members (excludes halogenated alkanes) is 1. The maximum atomic E-state index is 12.9. The lowest BCUT2D eigenvalue weighted by Crippen LogP contribution is -2.49. The van der Waals surface area contributed by atoms with Gasteiger partial charge in [-0.25, -0.2) is 4.39 Å². The second-order valence-electron chi connectivity index (χ2n) is 5.05. The normalized spacial score (nSPS) is 17.0. The van der Waals surface area contributed by atoms with Gasteiger partial charge in [0.2, 0.25) is 5.91 Å². The van der Waals surface area contributed by atoms with Crippen molar-refractivity contribution in [3.63, 3.8) is 0 Å². The van der Waals surface area contributed by atoms with Crippen LogP contribution in [0.15, 0.2) is 24.3 Å². The van der Waals surface area contributed by atoms with Gasteiger partial charge in [-0.3, -0.25) is 4.79 Å². The summed E-state index contributed by atoms with van der Waals surface area (Å²) in [4.78, 5) is 12.3. The Hall–Kier alpha value is -1.38. The average molecular weight is 249 g/mol. The second kappa shape index (κ2) is 5.51. The number of carbonyl (C=O) groups excluding carboxylic acids is 1. The third-order valence-corrected chi connectivity index (χ3v) is 3.85. The van der Waals surface area contributed by atoms with E-state index in [1.807, 2.05) is 0 Å². The smallest absolute Gasteiger partial charge is 0.230 e. The molecule has 2 nitrogen and oxygen atoms in total. The van der Waals surface area contributed by atoms with E-state index < -0.39 is 5.41 Å². The Balaban J connectivity index is 2.10. The summed E-state index contributed by atoms with van der Waals surface area (Å²) in [5.41, 5.74) is 0.547. The van der Waals surface area contributed by atoms with E-state index in [2.05, 4.69) is 12.2 Å². The molecule has 0 heterocycles. The predicted molar refractivity (Wildman–Crippen MR) is 69.8 cm³/mol. The third-order valence-electron chi connectivity index (χ3n) is 3.85. The standard InChI is InChI=1S/C15H20FNO/c1-2-3-11-17-14(18)15(9-4-10-15)12-5-7-13(16)8-6-12/h5-8H,2-4,9-11H2,1H3,(H,17,18). The molecule has 1 aliphatic carbocycles. The molecule has 0 aromatic heterocycles. The summed E-state index contributed by atoms with van der Waals surface area (Å²) in [6.07, 6.45) is 4.89. The van der Waals surface area contributed by atoms with Gasteiger partial charge >= 0.3 is 0 Å². The zero-order valence-electron chi connectivity index (χ0n) is 10.8. The predicted octanol–water partition coefficient (Wildman–Crippen LogP) is 3.16. The number of benzene rings is 1. The number of amides is 1. The van der Waals surface area contributed by atoms with Gasteiger partial charge in [0.05, 0.1) is 5.41 Å². The van der Waals surface area contributed by atoms with Crippen LogP contribution in [0.5, 0.6) is 0 Å². The molecule has 18 heavy (non-hydrogen) atoms. The van der Waals surface area contributed by atoms with E-state index in [4.69, 9.17) is 0 Å².